The lowest BCUT2D eigenvalue weighted by Crippen LogP contribution is -2.36. The van der Waals surface area contributed by atoms with Gasteiger partial charge in [-0.15, -0.1) is 0 Å². The molecule has 0 bridgehead atoms. The highest BCUT2D eigenvalue weighted by atomic mass is 16.1. The maximum absolute atomic E-state index is 11.9. The zero-order valence-electron chi connectivity index (χ0n) is 13.1. The first-order chi connectivity index (χ1) is 11.2. The summed E-state index contributed by atoms with van der Waals surface area (Å²) in [7, 11) is 0. The molecule has 2 atom stereocenters. The van der Waals surface area contributed by atoms with E-state index in [4.69, 9.17) is 5.73 Å². The number of rotatable bonds is 6. The largest absolute Gasteiger partial charge is 0.370 e. The molecule has 1 aliphatic rings. The zero-order chi connectivity index (χ0) is 16.1. The molecule has 0 aliphatic carbocycles. The second kappa shape index (κ2) is 7.24. The van der Waals surface area contributed by atoms with Gasteiger partial charge in [-0.2, -0.15) is 0 Å². The number of nitrogens with one attached hydrogen (secondary N) is 1. The van der Waals surface area contributed by atoms with Gasteiger partial charge >= 0.3 is 0 Å². The summed E-state index contributed by atoms with van der Waals surface area (Å²) >= 11 is 0. The van der Waals surface area contributed by atoms with E-state index in [0.717, 1.165) is 37.4 Å². The normalized spacial score (nSPS) is 19.4. The van der Waals surface area contributed by atoms with Crippen LogP contribution in [-0.4, -0.2) is 35.4 Å². The number of likely N-dealkylation sites (tertiary alicyclic amines) is 1. The summed E-state index contributed by atoms with van der Waals surface area (Å²) in [5, 5.41) is 3.36. The summed E-state index contributed by atoms with van der Waals surface area (Å²) in [4.78, 5) is 18.4. The van der Waals surface area contributed by atoms with Gasteiger partial charge in [-0.25, -0.2) is 4.98 Å². The summed E-state index contributed by atoms with van der Waals surface area (Å²) in [5.41, 5.74) is 6.62. The molecule has 1 aromatic carbocycles. The van der Waals surface area contributed by atoms with Crippen molar-refractivity contribution in [1.82, 2.24) is 9.88 Å². The van der Waals surface area contributed by atoms with Crippen LogP contribution in [0.3, 0.4) is 0 Å². The van der Waals surface area contributed by atoms with Crippen LogP contribution < -0.4 is 11.1 Å². The summed E-state index contributed by atoms with van der Waals surface area (Å²) in [6.07, 6.45) is 2.83. The Labute approximate surface area is 136 Å². The van der Waals surface area contributed by atoms with Crippen molar-refractivity contribution in [3.63, 3.8) is 0 Å². The Kier molecular flexibility index (Phi) is 4.88. The molecule has 1 aromatic heterocycles. The molecule has 0 spiro atoms. The van der Waals surface area contributed by atoms with Crippen LogP contribution in [0.5, 0.6) is 0 Å². The van der Waals surface area contributed by atoms with Gasteiger partial charge in [0.2, 0.25) is 5.91 Å². The fourth-order valence-corrected chi connectivity index (χ4v) is 3.17. The molecule has 120 valence electrons. The van der Waals surface area contributed by atoms with Gasteiger partial charge < -0.3 is 11.1 Å². The summed E-state index contributed by atoms with van der Waals surface area (Å²) < 4.78 is 0. The average molecular weight is 310 g/mol. The molecule has 2 aromatic rings. The predicted octanol–water partition coefficient (Wildman–Crippen LogP) is 2.04. The topological polar surface area (TPSA) is 71.2 Å². The van der Waals surface area contributed by atoms with E-state index in [1.54, 1.807) is 6.20 Å². The number of nitrogens with two attached hydrogens (primary N) is 1. The fraction of sp³-hybridized carbons (Fsp3) is 0.333. The maximum atomic E-state index is 11.9. The number of benzene rings is 1. The Hall–Kier alpha value is -2.40. The van der Waals surface area contributed by atoms with E-state index in [2.05, 4.69) is 15.2 Å². The molecule has 1 aliphatic heterocycles. The van der Waals surface area contributed by atoms with E-state index < -0.39 is 0 Å². The zero-order valence-corrected chi connectivity index (χ0v) is 13.1. The van der Waals surface area contributed by atoms with Gasteiger partial charge in [0, 0.05) is 19.3 Å². The van der Waals surface area contributed by atoms with Crippen molar-refractivity contribution in [1.29, 1.82) is 0 Å². The molecule has 0 saturated carbocycles. The summed E-state index contributed by atoms with van der Waals surface area (Å²) in [5.74, 6) is 1.09. The quantitative estimate of drug-likeness (QED) is 0.856. The molecule has 0 radical (unpaired) electrons. The Bertz CT molecular complexity index is 632. The smallest absolute Gasteiger partial charge is 0.239 e. The first kappa shape index (κ1) is 15.5. The molecular weight excluding hydrogens is 288 g/mol. The average Bonchev–Trinajstić information content (AvgIpc) is 3.03. The van der Waals surface area contributed by atoms with Crippen molar-refractivity contribution >= 4 is 11.7 Å². The highest BCUT2D eigenvalue weighted by Gasteiger charge is 2.32. The Morgan fingerprint density at radius 2 is 2.04 bits per heavy atom. The first-order valence-electron chi connectivity index (χ1n) is 7.97. The Balaban J connectivity index is 1.60. The number of pyridine rings is 1. The number of aromatic nitrogens is 1. The Morgan fingerprint density at radius 1 is 1.26 bits per heavy atom. The van der Waals surface area contributed by atoms with Gasteiger partial charge in [0.15, 0.2) is 0 Å². The van der Waals surface area contributed by atoms with E-state index in [1.165, 1.54) is 0 Å². The lowest BCUT2D eigenvalue weighted by Gasteiger charge is -2.25. The van der Waals surface area contributed by atoms with Crippen LogP contribution in [0.15, 0.2) is 54.7 Å². The van der Waals surface area contributed by atoms with Gasteiger partial charge in [0.25, 0.3) is 0 Å². The van der Waals surface area contributed by atoms with Gasteiger partial charge in [-0.3, -0.25) is 9.69 Å². The van der Waals surface area contributed by atoms with E-state index in [1.807, 2.05) is 48.5 Å². The number of amides is 1. The van der Waals surface area contributed by atoms with Crippen molar-refractivity contribution in [2.75, 3.05) is 25.0 Å². The fourth-order valence-electron chi connectivity index (χ4n) is 3.17. The lowest BCUT2D eigenvalue weighted by molar-refractivity contribution is -0.123. The van der Waals surface area contributed by atoms with Crippen LogP contribution in [0.1, 0.15) is 18.0 Å². The molecule has 5 heteroatoms. The SMILES string of the molecule is NC(=O)C(c1ccccc1)N1CCC(CNc2ccccn2)C1. The van der Waals surface area contributed by atoms with E-state index in [-0.39, 0.29) is 11.9 Å². The molecule has 1 fully saturated rings. The molecule has 3 N–H and O–H groups in total. The van der Waals surface area contributed by atoms with Crippen molar-refractivity contribution in [2.24, 2.45) is 11.7 Å². The van der Waals surface area contributed by atoms with Crippen LogP contribution in [0, 0.1) is 5.92 Å². The number of anilines is 1. The van der Waals surface area contributed by atoms with Crippen LogP contribution in [0.4, 0.5) is 5.82 Å². The number of carbonyl (C=O) groups is 1. The third-order valence-corrected chi connectivity index (χ3v) is 4.30. The number of nitrogens with zero attached hydrogens (tertiary/aromatic N) is 2. The van der Waals surface area contributed by atoms with Gasteiger partial charge in [0.1, 0.15) is 11.9 Å². The van der Waals surface area contributed by atoms with Crippen LogP contribution in [-0.2, 0) is 4.79 Å². The third kappa shape index (κ3) is 3.87. The molecule has 5 nitrogen and oxygen atoms in total. The number of hydrogen-bond donors (Lipinski definition) is 2. The molecule has 1 amide bonds. The number of primary amides is 1. The van der Waals surface area contributed by atoms with Gasteiger partial charge in [-0.1, -0.05) is 36.4 Å². The molecule has 3 rings (SSSR count). The predicted molar refractivity (Wildman–Crippen MR) is 90.8 cm³/mol. The van der Waals surface area contributed by atoms with E-state index in [0.29, 0.717) is 5.92 Å². The standard InChI is InChI=1S/C18H22N4O/c19-18(23)17(15-6-2-1-3-7-15)22-11-9-14(13-22)12-21-16-8-4-5-10-20-16/h1-8,10,14,17H,9,11-13H2,(H2,19,23)(H,20,21). The minimum absolute atomic E-state index is 0.283. The molecular formula is C18H22N4O. The number of hydrogen-bond acceptors (Lipinski definition) is 4. The van der Waals surface area contributed by atoms with Gasteiger partial charge in [0.05, 0.1) is 0 Å². The van der Waals surface area contributed by atoms with Crippen molar-refractivity contribution in [2.45, 2.75) is 12.5 Å². The van der Waals surface area contributed by atoms with Crippen molar-refractivity contribution in [3.05, 3.63) is 60.3 Å². The highest BCUT2D eigenvalue weighted by molar-refractivity contribution is 5.81. The van der Waals surface area contributed by atoms with Crippen LogP contribution >= 0.6 is 0 Å². The Morgan fingerprint density at radius 3 is 2.74 bits per heavy atom. The van der Waals surface area contributed by atoms with E-state index in [9.17, 15) is 4.79 Å². The molecule has 2 unspecified atom stereocenters. The maximum Gasteiger partial charge on any atom is 0.239 e. The first-order valence-corrected chi connectivity index (χ1v) is 7.97. The minimum Gasteiger partial charge on any atom is -0.370 e. The molecule has 23 heavy (non-hydrogen) atoms. The highest BCUT2D eigenvalue weighted by Crippen LogP contribution is 2.27. The van der Waals surface area contributed by atoms with Crippen molar-refractivity contribution in [3.8, 4) is 0 Å². The summed E-state index contributed by atoms with van der Waals surface area (Å²) in [6, 6.07) is 15.3. The van der Waals surface area contributed by atoms with Crippen molar-refractivity contribution < 1.29 is 4.79 Å². The molecule has 2 heterocycles. The third-order valence-electron chi connectivity index (χ3n) is 4.30. The van der Waals surface area contributed by atoms with E-state index >= 15 is 0 Å². The number of carbonyl (C=O) groups excluding carboxylic acids is 1. The second-order valence-corrected chi connectivity index (χ2v) is 5.96. The lowest BCUT2D eigenvalue weighted by atomic mass is 10.0. The minimum atomic E-state index is -0.337. The second-order valence-electron chi connectivity index (χ2n) is 5.96. The molecule has 1 saturated heterocycles. The van der Waals surface area contributed by atoms with Gasteiger partial charge in [-0.05, 0) is 36.6 Å². The monoisotopic (exact) mass is 310 g/mol. The van der Waals surface area contributed by atoms with Crippen LogP contribution in [0.25, 0.3) is 0 Å². The summed E-state index contributed by atoms with van der Waals surface area (Å²) in [6.45, 7) is 2.60. The van der Waals surface area contributed by atoms with Crippen LogP contribution in [0.2, 0.25) is 0 Å².